The topological polar surface area (TPSA) is 89.7 Å². The van der Waals surface area contributed by atoms with Crippen molar-refractivity contribution in [3.05, 3.63) is 47.2 Å². The van der Waals surface area contributed by atoms with Crippen molar-refractivity contribution in [2.75, 3.05) is 4.90 Å². The van der Waals surface area contributed by atoms with Crippen molar-refractivity contribution in [1.29, 1.82) is 0 Å². The minimum Gasteiger partial charge on any atom is -0.474 e. The van der Waals surface area contributed by atoms with Crippen LogP contribution in [0.4, 0.5) is 5.69 Å². The highest BCUT2D eigenvalue weighted by Crippen LogP contribution is 2.29. The molecule has 0 aliphatic heterocycles. The van der Waals surface area contributed by atoms with Gasteiger partial charge < -0.3 is 4.74 Å². The molecule has 0 saturated carbocycles. The van der Waals surface area contributed by atoms with E-state index in [2.05, 4.69) is 0 Å². The summed E-state index contributed by atoms with van der Waals surface area (Å²) >= 11 is 0. The molecule has 0 saturated heterocycles. The Morgan fingerprint density at radius 2 is 1.68 bits per heavy atom. The third-order valence-electron chi connectivity index (χ3n) is 3.65. The summed E-state index contributed by atoms with van der Waals surface area (Å²) in [6.07, 6.45) is 1.26. The van der Waals surface area contributed by atoms with E-state index in [1.54, 1.807) is 52.0 Å². The number of ether oxygens (including phenoxy) is 1. The predicted molar refractivity (Wildman–Crippen MR) is 95.0 cm³/mol. The standard InChI is InChI=1S/C19H22N2O4/c1-11-10-16(23)17(12(2)18(11)24)21(13(3)22)14-6-8-15(9-7-14)25-19(4,5)20/h6-10H,20H2,1-5H3. The first-order valence-electron chi connectivity index (χ1n) is 7.88. The second-order valence-electron chi connectivity index (χ2n) is 6.55. The molecule has 0 bridgehead atoms. The number of hydrogen-bond acceptors (Lipinski definition) is 5. The maximum absolute atomic E-state index is 12.4. The van der Waals surface area contributed by atoms with Crippen molar-refractivity contribution in [2.24, 2.45) is 5.73 Å². The lowest BCUT2D eigenvalue weighted by molar-refractivity contribution is -0.118. The summed E-state index contributed by atoms with van der Waals surface area (Å²) in [4.78, 5) is 38.1. The minimum atomic E-state index is -0.838. The lowest BCUT2D eigenvalue weighted by atomic mass is 9.94. The van der Waals surface area contributed by atoms with E-state index in [9.17, 15) is 14.4 Å². The number of allylic oxidation sites excluding steroid dienone is 3. The Balaban J connectivity index is 2.44. The van der Waals surface area contributed by atoms with Crippen LogP contribution in [0, 0.1) is 0 Å². The largest absolute Gasteiger partial charge is 0.474 e. The maximum Gasteiger partial charge on any atom is 0.228 e. The monoisotopic (exact) mass is 342 g/mol. The molecule has 1 aromatic rings. The molecule has 0 fully saturated rings. The molecule has 0 atom stereocenters. The summed E-state index contributed by atoms with van der Waals surface area (Å²) in [5.41, 5.74) is 6.14. The van der Waals surface area contributed by atoms with Crippen LogP contribution in [0.5, 0.6) is 5.75 Å². The molecule has 2 rings (SSSR count). The number of anilines is 1. The van der Waals surface area contributed by atoms with Gasteiger partial charge in [0.15, 0.2) is 11.5 Å². The molecule has 2 N–H and O–H groups in total. The van der Waals surface area contributed by atoms with Crippen LogP contribution in [-0.4, -0.2) is 23.2 Å². The molecule has 25 heavy (non-hydrogen) atoms. The lowest BCUT2D eigenvalue weighted by Gasteiger charge is -2.27. The molecule has 6 heteroatoms. The molecule has 0 heterocycles. The first-order chi connectivity index (χ1) is 11.5. The molecule has 6 nitrogen and oxygen atoms in total. The smallest absolute Gasteiger partial charge is 0.228 e. The zero-order chi connectivity index (χ0) is 18.9. The summed E-state index contributed by atoms with van der Waals surface area (Å²) in [7, 11) is 0. The van der Waals surface area contributed by atoms with Gasteiger partial charge in [0.05, 0.1) is 0 Å². The lowest BCUT2D eigenvalue weighted by Crippen LogP contribution is -2.38. The second-order valence-corrected chi connectivity index (χ2v) is 6.55. The molecule has 1 aromatic carbocycles. The quantitative estimate of drug-likeness (QED) is 0.671. The van der Waals surface area contributed by atoms with Crippen molar-refractivity contribution in [1.82, 2.24) is 0 Å². The summed E-state index contributed by atoms with van der Waals surface area (Å²) in [6, 6.07) is 6.61. The number of nitrogens with zero attached hydrogens (tertiary/aromatic N) is 1. The summed E-state index contributed by atoms with van der Waals surface area (Å²) < 4.78 is 5.55. The average Bonchev–Trinajstić information content (AvgIpc) is 2.48. The average molecular weight is 342 g/mol. The SMILES string of the molecule is CC(=O)N(C1=C(C)C(=O)C(C)=CC1=O)c1ccc(OC(C)(C)N)cc1. The molecule has 1 aliphatic rings. The Kier molecular flexibility index (Phi) is 4.94. The number of hydrogen-bond donors (Lipinski definition) is 1. The number of carbonyl (C=O) groups is 3. The first-order valence-corrected chi connectivity index (χ1v) is 7.88. The number of carbonyl (C=O) groups excluding carboxylic acids is 3. The summed E-state index contributed by atoms with van der Waals surface area (Å²) in [5, 5.41) is 0. The van der Waals surface area contributed by atoms with Crippen LogP contribution in [0.1, 0.15) is 34.6 Å². The number of nitrogens with two attached hydrogens (primary N) is 1. The van der Waals surface area contributed by atoms with Crippen molar-refractivity contribution >= 4 is 23.2 Å². The highest BCUT2D eigenvalue weighted by Gasteiger charge is 2.30. The summed E-state index contributed by atoms with van der Waals surface area (Å²) in [5.74, 6) is -0.442. The number of ketones is 2. The molecule has 1 amide bonds. The summed E-state index contributed by atoms with van der Waals surface area (Å²) in [6.45, 7) is 7.92. The van der Waals surface area contributed by atoms with Gasteiger partial charge in [0, 0.05) is 23.8 Å². The van der Waals surface area contributed by atoms with Gasteiger partial charge in [0.25, 0.3) is 0 Å². The van der Waals surface area contributed by atoms with Crippen LogP contribution >= 0.6 is 0 Å². The van der Waals surface area contributed by atoms with Crippen LogP contribution in [0.3, 0.4) is 0 Å². The van der Waals surface area contributed by atoms with Crippen molar-refractivity contribution in [3.63, 3.8) is 0 Å². The van der Waals surface area contributed by atoms with E-state index in [0.717, 1.165) is 0 Å². The molecule has 0 unspecified atom stereocenters. The fourth-order valence-corrected chi connectivity index (χ4v) is 2.63. The number of rotatable bonds is 4. The fraction of sp³-hybridized carbons (Fsp3) is 0.316. The van der Waals surface area contributed by atoms with Gasteiger partial charge in [-0.05, 0) is 58.0 Å². The number of Topliss-reactive ketones (excluding diaryl/α,β-unsaturated/α-hetero) is 1. The highest BCUT2D eigenvalue weighted by molar-refractivity contribution is 6.25. The van der Waals surface area contributed by atoms with E-state index in [1.807, 2.05) is 0 Å². The number of amides is 1. The normalized spacial score (nSPS) is 15.2. The van der Waals surface area contributed by atoms with Crippen LogP contribution in [0.2, 0.25) is 0 Å². The zero-order valence-corrected chi connectivity index (χ0v) is 15.0. The molecular weight excluding hydrogens is 320 g/mol. The predicted octanol–water partition coefficient (Wildman–Crippen LogP) is 2.49. The van der Waals surface area contributed by atoms with Crippen molar-refractivity contribution in [3.8, 4) is 5.75 Å². The van der Waals surface area contributed by atoms with E-state index in [-0.39, 0.29) is 28.7 Å². The van der Waals surface area contributed by atoms with Crippen LogP contribution < -0.4 is 15.4 Å². The van der Waals surface area contributed by atoms with Gasteiger partial charge in [0.2, 0.25) is 11.7 Å². The van der Waals surface area contributed by atoms with Crippen LogP contribution in [-0.2, 0) is 14.4 Å². The fourth-order valence-electron chi connectivity index (χ4n) is 2.63. The van der Waals surface area contributed by atoms with Crippen molar-refractivity contribution < 1.29 is 19.1 Å². The number of benzene rings is 1. The molecule has 0 radical (unpaired) electrons. The van der Waals surface area contributed by atoms with E-state index >= 15 is 0 Å². The molecular formula is C19H22N2O4. The van der Waals surface area contributed by atoms with Gasteiger partial charge in [0.1, 0.15) is 11.4 Å². The Morgan fingerprint density at radius 1 is 1.12 bits per heavy atom. The Bertz CT molecular complexity index is 796. The van der Waals surface area contributed by atoms with Crippen LogP contribution in [0.15, 0.2) is 47.2 Å². The third kappa shape index (κ3) is 4.03. The van der Waals surface area contributed by atoms with Gasteiger partial charge in [-0.15, -0.1) is 0 Å². The molecule has 132 valence electrons. The van der Waals surface area contributed by atoms with E-state index in [0.29, 0.717) is 17.0 Å². The molecule has 0 aromatic heterocycles. The zero-order valence-electron chi connectivity index (χ0n) is 15.0. The third-order valence-corrected chi connectivity index (χ3v) is 3.65. The molecule has 0 spiro atoms. The Morgan fingerprint density at radius 3 is 2.16 bits per heavy atom. The molecule has 1 aliphatic carbocycles. The van der Waals surface area contributed by atoms with Gasteiger partial charge in [-0.2, -0.15) is 0 Å². The minimum absolute atomic E-state index is 0.0796. The van der Waals surface area contributed by atoms with E-state index in [1.165, 1.54) is 17.9 Å². The Hall–Kier alpha value is -2.73. The van der Waals surface area contributed by atoms with Gasteiger partial charge in [-0.1, -0.05) is 0 Å². The van der Waals surface area contributed by atoms with Crippen molar-refractivity contribution in [2.45, 2.75) is 40.3 Å². The first kappa shape index (κ1) is 18.6. The van der Waals surface area contributed by atoms with Gasteiger partial charge in [-0.3, -0.25) is 25.0 Å². The van der Waals surface area contributed by atoms with Gasteiger partial charge in [-0.25, -0.2) is 0 Å². The van der Waals surface area contributed by atoms with Gasteiger partial charge >= 0.3 is 0 Å². The van der Waals surface area contributed by atoms with E-state index in [4.69, 9.17) is 10.5 Å². The highest BCUT2D eigenvalue weighted by atomic mass is 16.5. The second kappa shape index (κ2) is 6.64. The van der Waals surface area contributed by atoms with E-state index < -0.39 is 5.72 Å². The Labute approximate surface area is 146 Å². The van der Waals surface area contributed by atoms with Crippen LogP contribution in [0.25, 0.3) is 0 Å². The maximum atomic E-state index is 12.4.